The molecule has 0 spiro atoms. The van der Waals surface area contributed by atoms with Crippen molar-refractivity contribution in [2.45, 2.75) is 24.7 Å². The summed E-state index contributed by atoms with van der Waals surface area (Å²) in [7, 11) is 2.99. The zero-order chi connectivity index (χ0) is 20.6. The molecule has 0 aliphatic carbocycles. The molecule has 0 saturated carbocycles. The summed E-state index contributed by atoms with van der Waals surface area (Å²) in [6.07, 6.45) is -0.487. The molecule has 2 unspecified atom stereocenters. The standard InChI is InChI=1S/C20H18F3N4O2/c1-28-16-6-5-12(8-17(16)29-2)14-9-18(20(21,22)23)27-19(25-14)10-15(26-27)13-4-3-7-24-11-13/h3-6,8,10-11,14,18,25H,9H2,1-2H3. The first kappa shape index (κ1) is 19.1. The molecule has 0 bridgehead atoms. The minimum atomic E-state index is -4.45. The molecule has 151 valence electrons. The maximum atomic E-state index is 13.8. The zero-order valence-electron chi connectivity index (χ0n) is 15.7. The van der Waals surface area contributed by atoms with Crippen molar-refractivity contribution in [3.63, 3.8) is 0 Å². The summed E-state index contributed by atoms with van der Waals surface area (Å²) in [6, 6.07) is 7.67. The van der Waals surface area contributed by atoms with Gasteiger partial charge in [-0.1, -0.05) is 6.07 Å². The Morgan fingerprint density at radius 3 is 2.59 bits per heavy atom. The zero-order valence-corrected chi connectivity index (χ0v) is 15.7. The third-order valence-corrected chi connectivity index (χ3v) is 4.91. The lowest BCUT2D eigenvalue weighted by Crippen LogP contribution is -2.35. The highest BCUT2D eigenvalue weighted by molar-refractivity contribution is 5.63. The molecule has 0 fully saturated rings. The number of hydrogen-bond donors (Lipinski definition) is 1. The molecule has 3 heterocycles. The Bertz CT molecular complexity index is 1000. The van der Waals surface area contributed by atoms with E-state index in [1.807, 2.05) is 0 Å². The Labute approximate surface area is 165 Å². The molecule has 29 heavy (non-hydrogen) atoms. The van der Waals surface area contributed by atoms with Crippen LogP contribution >= 0.6 is 0 Å². The second-order valence-electron chi connectivity index (χ2n) is 6.64. The average Bonchev–Trinajstić information content (AvgIpc) is 3.16. The summed E-state index contributed by atoms with van der Waals surface area (Å²) in [5.74, 6) is 1.27. The largest absolute Gasteiger partial charge is 0.493 e. The van der Waals surface area contributed by atoms with Gasteiger partial charge in [0.05, 0.1) is 32.2 Å². The fourth-order valence-corrected chi connectivity index (χ4v) is 3.47. The van der Waals surface area contributed by atoms with E-state index in [9.17, 15) is 13.2 Å². The van der Waals surface area contributed by atoms with Gasteiger partial charge in [0.2, 0.25) is 0 Å². The van der Waals surface area contributed by atoms with E-state index in [4.69, 9.17) is 9.47 Å². The summed E-state index contributed by atoms with van der Waals surface area (Å²) in [6.45, 7) is 0. The lowest BCUT2D eigenvalue weighted by atomic mass is 9.96. The van der Waals surface area contributed by atoms with Crippen molar-refractivity contribution in [2.75, 3.05) is 19.5 Å². The maximum Gasteiger partial charge on any atom is 0.410 e. The first-order valence-corrected chi connectivity index (χ1v) is 8.88. The molecular weight excluding hydrogens is 385 g/mol. The van der Waals surface area contributed by atoms with Gasteiger partial charge in [0.1, 0.15) is 5.82 Å². The average molecular weight is 403 g/mol. The van der Waals surface area contributed by atoms with E-state index in [2.05, 4.69) is 21.6 Å². The normalized spacial score (nSPS) is 18.7. The Kier molecular flexibility index (Phi) is 4.81. The van der Waals surface area contributed by atoms with Crippen LogP contribution in [-0.4, -0.2) is 35.2 Å². The van der Waals surface area contributed by atoms with E-state index in [1.54, 1.807) is 36.4 Å². The van der Waals surface area contributed by atoms with Gasteiger partial charge in [-0.25, -0.2) is 4.68 Å². The predicted molar refractivity (Wildman–Crippen MR) is 99.9 cm³/mol. The minimum absolute atomic E-state index is 0.200. The maximum absolute atomic E-state index is 13.8. The van der Waals surface area contributed by atoms with Crippen molar-refractivity contribution in [3.05, 3.63) is 54.4 Å². The number of benzene rings is 1. The van der Waals surface area contributed by atoms with Crippen molar-refractivity contribution in [2.24, 2.45) is 0 Å². The predicted octanol–water partition coefficient (Wildman–Crippen LogP) is 4.42. The molecule has 1 aliphatic rings. The van der Waals surface area contributed by atoms with Crippen LogP contribution in [0.15, 0.2) is 42.6 Å². The third-order valence-electron chi connectivity index (χ3n) is 4.91. The van der Waals surface area contributed by atoms with Gasteiger partial charge in [0.15, 0.2) is 17.5 Å². The molecular formula is C20H18F3N4O2. The number of halogens is 3. The Morgan fingerprint density at radius 2 is 1.93 bits per heavy atom. The van der Waals surface area contributed by atoms with Gasteiger partial charge in [-0.05, 0) is 29.8 Å². The van der Waals surface area contributed by atoms with Crippen LogP contribution in [0.4, 0.5) is 19.0 Å². The third kappa shape index (κ3) is 3.59. The first-order chi connectivity index (χ1) is 13.9. The number of alkyl halides is 3. The molecule has 1 aromatic carbocycles. The minimum Gasteiger partial charge on any atom is -0.493 e. The second-order valence-corrected chi connectivity index (χ2v) is 6.64. The van der Waals surface area contributed by atoms with Gasteiger partial charge in [-0.3, -0.25) is 4.98 Å². The van der Waals surface area contributed by atoms with Gasteiger partial charge >= 0.3 is 6.18 Å². The SMILES string of the molecule is COc1ccc(C2CC(C(F)(F)F)n3nc(-c4cc[c]nc4)cc3N2)cc1OC. The molecule has 4 rings (SSSR count). The Morgan fingerprint density at radius 1 is 1.14 bits per heavy atom. The molecule has 3 aromatic rings. The van der Waals surface area contributed by atoms with E-state index in [-0.39, 0.29) is 6.42 Å². The molecule has 0 saturated heterocycles. The lowest BCUT2D eigenvalue weighted by molar-refractivity contribution is -0.173. The van der Waals surface area contributed by atoms with E-state index < -0.39 is 18.3 Å². The monoisotopic (exact) mass is 403 g/mol. The van der Waals surface area contributed by atoms with Crippen LogP contribution in [0.2, 0.25) is 0 Å². The van der Waals surface area contributed by atoms with Crippen LogP contribution in [0.3, 0.4) is 0 Å². The van der Waals surface area contributed by atoms with Crippen molar-refractivity contribution in [3.8, 4) is 22.8 Å². The Balaban J connectivity index is 1.74. The molecule has 0 amide bonds. The summed E-state index contributed by atoms with van der Waals surface area (Å²) < 4.78 is 53.0. The van der Waals surface area contributed by atoms with Gasteiger partial charge in [-0.2, -0.15) is 18.3 Å². The number of aromatic nitrogens is 3. The topological polar surface area (TPSA) is 61.2 Å². The molecule has 1 radical (unpaired) electrons. The Hall–Kier alpha value is -3.23. The van der Waals surface area contributed by atoms with Gasteiger partial charge in [0.25, 0.3) is 0 Å². The fourth-order valence-electron chi connectivity index (χ4n) is 3.47. The number of methoxy groups -OCH3 is 2. The van der Waals surface area contributed by atoms with Crippen LogP contribution in [-0.2, 0) is 0 Å². The van der Waals surface area contributed by atoms with Crippen LogP contribution in [0, 0.1) is 6.20 Å². The summed E-state index contributed by atoms with van der Waals surface area (Å²) in [5.41, 5.74) is 1.70. The van der Waals surface area contributed by atoms with E-state index >= 15 is 0 Å². The van der Waals surface area contributed by atoms with Crippen LogP contribution in [0.5, 0.6) is 11.5 Å². The quantitative estimate of drug-likeness (QED) is 0.699. The van der Waals surface area contributed by atoms with Gasteiger partial charge < -0.3 is 14.8 Å². The van der Waals surface area contributed by atoms with Gasteiger partial charge in [0, 0.05) is 24.2 Å². The van der Waals surface area contributed by atoms with Crippen LogP contribution < -0.4 is 14.8 Å². The smallest absolute Gasteiger partial charge is 0.410 e. The number of rotatable bonds is 4. The number of anilines is 1. The molecule has 2 atom stereocenters. The van der Waals surface area contributed by atoms with Crippen molar-refractivity contribution in [1.82, 2.24) is 14.8 Å². The summed E-state index contributed by atoms with van der Waals surface area (Å²) in [5, 5.41) is 7.36. The van der Waals surface area contributed by atoms with E-state index in [0.717, 1.165) is 4.68 Å². The van der Waals surface area contributed by atoms with Gasteiger partial charge in [-0.15, -0.1) is 0 Å². The highest BCUT2D eigenvalue weighted by Gasteiger charge is 2.46. The summed E-state index contributed by atoms with van der Waals surface area (Å²) >= 11 is 0. The molecule has 2 aromatic heterocycles. The number of fused-ring (bicyclic) bond motifs is 1. The van der Waals surface area contributed by atoms with Crippen molar-refractivity contribution < 1.29 is 22.6 Å². The molecule has 1 aliphatic heterocycles. The highest BCUT2D eigenvalue weighted by Crippen LogP contribution is 2.45. The number of pyridine rings is 1. The first-order valence-electron chi connectivity index (χ1n) is 8.88. The molecule has 6 nitrogen and oxygen atoms in total. The summed E-state index contributed by atoms with van der Waals surface area (Å²) in [4.78, 5) is 3.89. The lowest BCUT2D eigenvalue weighted by Gasteiger charge is -2.33. The molecule has 1 N–H and O–H groups in total. The van der Waals surface area contributed by atoms with Crippen molar-refractivity contribution >= 4 is 5.82 Å². The number of hydrogen-bond acceptors (Lipinski definition) is 5. The highest BCUT2D eigenvalue weighted by atomic mass is 19.4. The van der Waals surface area contributed by atoms with Crippen molar-refractivity contribution in [1.29, 1.82) is 0 Å². The van der Waals surface area contributed by atoms with Crippen LogP contribution in [0.25, 0.3) is 11.3 Å². The number of ether oxygens (including phenoxy) is 2. The second kappa shape index (κ2) is 7.31. The number of nitrogens with one attached hydrogen (secondary N) is 1. The van der Waals surface area contributed by atoms with E-state index in [0.29, 0.717) is 34.1 Å². The van der Waals surface area contributed by atoms with Crippen LogP contribution in [0.1, 0.15) is 24.1 Å². The van der Waals surface area contributed by atoms with E-state index in [1.165, 1.54) is 20.4 Å². The fraction of sp³-hybridized carbons (Fsp3) is 0.300. The molecule has 9 heteroatoms. The number of nitrogens with zero attached hydrogens (tertiary/aromatic N) is 3.